The van der Waals surface area contributed by atoms with Crippen LogP contribution in [0.3, 0.4) is 0 Å². The smallest absolute Gasteiger partial charge is 0.324 e. The Morgan fingerprint density at radius 3 is 2.62 bits per heavy atom. The van der Waals surface area contributed by atoms with Gasteiger partial charge in [-0.25, -0.2) is 5.43 Å². The lowest BCUT2D eigenvalue weighted by Crippen LogP contribution is -2.39. The van der Waals surface area contributed by atoms with E-state index in [2.05, 4.69) is 24.7 Å². The Balaban J connectivity index is 2.54. The zero-order chi connectivity index (χ0) is 9.84. The molecule has 1 aliphatic rings. The molecule has 0 aromatic rings. The highest BCUT2D eigenvalue weighted by molar-refractivity contribution is 5.76. The third-order valence-electron chi connectivity index (χ3n) is 2.55. The Labute approximate surface area is 79.0 Å². The van der Waals surface area contributed by atoms with Gasteiger partial charge in [0, 0.05) is 12.0 Å². The molecule has 2 N–H and O–H groups in total. The summed E-state index contributed by atoms with van der Waals surface area (Å²) in [7, 11) is 0. The summed E-state index contributed by atoms with van der Waals surface area (Å²) in [6.45, 7) is 6.43. The van der Waals surface area contributed by atoms with E-state index < -0.39 is 0 Å². The lowest BCUT2D eigenvalue weighted by molar-refractivity contribution is -0.146. The highest BCUT2D eigenvalue weighted by atomic mass is 16.5. The van der Waals surface area contributed by atoms with Crippen LogP contribution in [0.1, 0.15) is 27.2 Å². The molecule has 0 aliphatic carbocycles. The van der Waals surface area contributed by atoms with E-state index in [4.69, 9.17) is 4.74 Å². The van der Waals surface area contributed by atoms with E-state index in [1.165, 1.54) is 0 Å². The van der Waals surface area contributed by atoms with Gasteiger partial charge >= 0.3 is 5.97 Å². The molecule has 4 heteroatoms. The molecular weight excluding hydrogens is 168 g/mol. The van der Waals surface area contributed by atoms with Gasteiger partial charge in [-0.2, -0.15) is 0 Å². The molecule has 1 fully saturated rings. The van der Waals surface area contributed by atoms with Gasteiger partial charge in [0.15, 0.2) is 0 Å². The molecule has 1 saturated heterocycles. The molecule has 3 unspecified atom stereocenters. The number of hydrogen-bond donors (Lipinski definition) is 2. The second-order valence-corrected chi connectivity index (χ2v) is 3.38. The van der Waals surface area contributed by atoms with Crippen molar-refractivity contribution in [2.75, 3.05) is 6.61 Å². The molecule has 1 heterocycles. The van der Waals surface area contributed by atoms with Crippen molar-refractivity contribution >= 4 is 5.97 Å². The van der Waals surface area contributed by atoms with Crippen molar-refractivity contribution in [3.8, 4) is 0 Å². The average molecular weight is 186 g/mol. The van der Waals surface area contributed by atoms with Crippen LogP contribution in [-0.4, -0.2) is 24.7 Å². The monoisotopic (exact) mass is 186 g/mol. The molecule has 0 aromatic carbocycles. The van der Waals surface area contributed by atoms with Crippen LogP contribution >= 0.6 is 0 Å². The maximum atomic E-state index is 11.4. The standard InChI is InChI=1S/C9H18N2O2/c1-4-7-6(3)10-11-8(7)9(12)13-5-2/h6-8,10-11H,4-5H2,1-3H3. The van der Waals surface area contributed by atoms with E-state index in [-0.39, 0.29) is 12.0 Å². The number of hydrazine groups is 1. The molecule has 0 radical (unpaired) electrons. The van der Waals surface area contributed by atoms with Crippen LogP contribution in [0.4, 0.5) is 0 Å². The molecule has 1 aliphatic heterocycles. The fourth-order valence-electron chi connectivity index (χ4n) is 1.78. The highest BCUT2D eigenvalue weighted by Gasteiger charge is 2.37. The summed E-state index contributed by atoms with van der Waals surface area (Å²) >= 11 is 0. The van der Waals surface area contributed by atoms with E-state index in [9.17, 15) is 4.79 Å². The van der Waals surface area contributed by atoms with Gasteiger partial charge in [0.25, 0.3) is 0 Å². The molecule has 76 valence electrons. The lowest BCUT2D eigenvalue weighted by Gasteiger charge is -2.17. The Hall–Kier alpha value is -0.610. The van der Waals surface area contributed by atoms with E-state index in [0.29, 0.717) is 18.6 Å². The van der Waals surface area contributed by atoms with Crippen molar-refractivity contribution < 1.29 is 9.53 Å². The van der Waals surface area contributed by atoms with Crippen molar-refractivity contribution in [1.29, 1.82) is 0 Å². The maximum absolute atomic E-state index is 11.4. The summed E-state index contributed by atoms with van der Waals surface area (Å²) < 4.78 is 4.96. The molecule has 3 atom stereocenters. The molecule has 0 amide bonds. The first-order valence-corrected chi connectivity index (χ1v) is 4.88. The van der Waals surface area contributed by atoms with E-state index >= 15 is 0 Å². The summed E-state index contributed by atoms with van der Waals surface area (Å²) in [5.74, 6) is 0.185. The molecule has 1 rings (SSSR count). The normalized spacial score (nSPS) is 33.3. The van der Waals surface area contributed by atoms with Gasteiger partial charge < -0.3 is 4.74 Å². The first-order valence-electron chi connectivity index (χ1n) is 4.88. The van der Waals surface area contributed by atoms with Gasteiger partial charge in [0.1, 0.15) is 6.04 Å². The maximum Gasteiger partial charge on any atom is 0.324 e. The van der Waals surface area contributed by atoms with Crippen molar-refractivity contribution in [2.24, 2.45) is 5.92 Å². The van der Waals surface area contributed by atoms with E-state index in [1.807, 2.05) is 6.92 Å². The summed E-state index contributed by atoms with van der Waals surface area (Å²) in [6, 6.07) is 0.152. The quantitative estimate of drug-likeness (QED) is 0.628. The second-order valence-electron chi connectivity index (χ2n) is 3.38. The minimum atomic E-state index is -0.181. The van der Waals surface area contributed by atoms with Gasteiger partial charge in [0.05, 0.1) is 6.61 Å². The highest BCUT2D eigenvalue weighted by Crippen LogP contribution is 2.19. The van der Waals surface area contributed by atoms with Gasteiger partial charge in [0.2, 0.25) is 0 Å². The first-order chi connectivity index (χ1) is 6.20. The van der Waals surface area contributed by atoms with Crippen LogP contribution in [0.15, 0.2) is 0 Å². The molecule has 0 bridgehead atoms. The molecular formula is C9H18N2O2. The predicted molar refractivity (Wildman–Crippen MR) is 49.9 cm³/mol. The van der Waals surface area contributed by atoms with Crippen molar-refractivity contribution in [3.63, 3.8) is 0 Å². The topological polar surface area (TPSA) is 50.4 Å². The van der Waals surface area contributed by atoms with Crippen LogP contribution in [0.5, 0.6) is 0 Å². The average Bonchev–Trinajstić information content (AvgIpc) is 2.47. The van der Waals surface area contributed by atoms with Crippen molar-refractivity contribution in [1.82, 2.24) is 10.9 Å². The number of carbonyl (C=O) groups excluding carboxylic acids is 1. The number of esters is 1. The third-order valence-corrected chi connectivity index (χ3v) is 2.55. The number of ether oxygens (including phenoxy) is 1. The van der Waals surface area contributed by atoms with Gasteiger partial charge in [-0.1, -0.05) is 6.92 Å². The summed E-state index contributed by atoms with van der Waals surface area (Å²) in [5, 5.41) is 0. The SMILES string of the molecule is CCOC(=O)C1NNC(C)C1CC. The fraction of sp³-hybridized carbons (Fsp3) is 0.889. The summed E-state index contributed by atoms with van der Waals surface area (Å²) in [5.41, 5.74) is 6.03. The van der Waals surface area contributed by atoms with Gasteiger partial charge in [-0.15, -0.1) is 0 Å². The number of carbonyl (C=O) groups is 1. The van der Waals surface area contributed by atoms with Crippen LogP contribution in [0.2, 0.25) is 0 Å². The van der Waals surface area contributed by atoms with Crippen LogP contribution in [-0.2, 0) is 9.53 Å². The van der Waals surface area contributed by atoms with Gasteiger partial charge in [-0.05, 0) is 20.3 Å². The number of nitrogens with one attached hydrogen (secondary N) is 2. The number of hydrogen-bond acceptors (Lipinski definition) is 4. The summed E-state index contributed by atoms with van der Waals surface area (Å²) in [4.78, 5) is 11.4. The Morgan fingerprint density at radius 1 is 1.38 bits per heavy atom. The minimum absolute atomic E-state index is 0.147. The van der Waals surface area contributed by atoms with Crippen LogP contribution in [0, 0.1) is 5.92 Å². The van der Waals surface area contributed by atoms with Crippen LogP contribution in [0.25, 0.3) is 0 Å². The zero-order valence-electron chi connectivity index (χ0n) is 8.46. The second kappa shape index (κ2) is 4.58. The van der Waals surface area contributed by atoms with E-state index in [0.717, 1.165) is 6.42 Å². The number of rotatable bonds is 3. The van der Waals surface area contributed by atoms with Gasteiger partial charge in [-0.3, -0.25) is 10.2 Å². The lowest BCUT2D eigenvalue weighted by atomic mass is 9.93. The van der Waals surface area contributed by atoms with Crippen molar-refractivity contribution in [3.05, 3.63) is 0 Å². The molecule has 0 aromatic heterocycles. The first kappa shape index (κ1) is 10.5. The largest absolute Gasteiger partial charge is 0.465 e. The predicted octanol–water partition coefficient (Wildman–Crippen LogP) is 0.441. The molecule has 0 saturated carbocycles. The third kappa shape index (κ3) is 2.19. The van der Waals surface area contributed by atoms with Crippen molar-refractivity contribution in [2.45, 2.75) is 39.3 Å². The fourth-order valence-corrected chi connectivity index (χ4v) is 1.78. The van der Waals surface area contributed by atoms with E-state index in [1.54, 1.807) is 0 Å². The zero-order valence-corrected chi connectivity index (χ0v) is 8.46. The van der Waals surface area contributed by atoms with Crippen LogP contribution < -0.4 is 10.9 Å². The minimum Gasteiger partial charge on any atom is -0.465 e. The molecule has 13 heavy (non-hydrogen) atoms. The Morgan fingerprint density at radius 2 is 2.08 bits per heavy atom. The Kier molecular flexibility index (Phi) is 3.69. The molecule has 0 spiro atoms. The Bertz CT molecular complexity index is 184. The summed E-state index contributed by atoms with van der Waals surface area (Å²) in [6.07, 6.45) is 0.977. The molecule has 4 nitrogen and oxygen atoms in total.